The van der Waals surface area contributed by atoms with E-state index in [0.717, 1.165) is 11.1 Å². The standard InChI is InChI=1S/C18H16Cl2O4/c1-22-16-7-4-12(10-17(16)23-2)5-8-18(21)24-11-13-3-6-14(19)15(20)9-13/h3-10H,11H2,1-2H3/b8-5+. The quantitative estimate of drug-likeness (QED) is 0.545. The van der Waals surface area contributed by atoms with Crippen LogP contribution in [-0.4, -0.2) is 20.2 Å². The van der Waals surface area contributed by atoms with Crippen LogP contribution in [0.1, 0.15) is 11.1 Å². The first-order chi connectivity index (χ1) is 11.5. The van der Waals surface area contributed by atoms with Gasteiger partial charge in [-0.3, -0.25) is 0 Å². The summed E-state index contributed by atoms with van der Waals surface area (Å²) in [5.74, 6) is 0.747. The second-order valence-corrected chi connectivity index (χ2v) is 5.62. The molecule has 4 nitrogen and oxygen atoms in total. The molecule has 0 amide bonds. The van der Waals surface area contributed by atoms with Crippen molar-refractivity contribution in [3.8, 4) is 11.5 Å². The molecule has 0 spiro atoms. The lowest BCUT2D eigenvalue weighted by atomic mass is 10.2. The molecule has 0 aliphatic rings. The fourth-order valence-electron chi connectivity index (χ4n) is 1.95. The van der Waals surface area contributed by atoms with Crippen LogP contribution in [0, 0.1) is 0 Å². The molecular formula is C18H16Cl2O4. The maximum atomic E-state index is 11.8. The Morgan fingerprint density at radius 3 is 2.42 bits per heavy atom. The van der Waals surface area contributed by atoms with Crippen LogP contribution in [0.3, 0.4) is 0 Å². The Morgan fingerprint density at radius 2 is 1.75 bits per heavy atom. The van der Waals surface area contributed by atoms with Gasteiger partial charge in [0.15, 0.2) is 11.5 Å². The molecule has 0 aliphatic heterocycles. The zero-order valence-electron chi connectivity index (χ0n) is 13.2. The van der Waals surface area contributed by atoms with Gasteiger partial charge in [0.05, 0.1) is 24.3 Å². The van der Waals surface area contributed by atoms with E-state index in [-0.39, 0.29) is 6.61 Å². The molecule has 0 radical (unpaired) electrons. The highest BCUT2D eigenvalue weighted by molar-refractivity contribution is 6.42. The monoisotopic (exact) mass is 366 g/mol. The van der Waals surface area contributed by atoms with E-state index in [0.29, 0.717) is 21.5 Å². The summed E-state index contributed by atoms with van der Waals surface area (Å²) in [6.07, 6.45) is 2.98. The smallest absolute Gasteiger partial charge is 0.331 e. The van der Waals surface area contributed by atoms with E-state index < -0.39 is 5.97 Å². The minimum Gasteiger partial charge on any atom is -0.493 e. The highest BCUT2D eigenvalue weighted by Gasteiger charge is 2.05. The number of carbonyl (C=O) groups excluding carboxylic acids is 1. The fourth-order valence-corrected chi connectivity index (χ4v) is 2.27. The summed E-state index contributed by atoms with van der Waals surface area (Å²) >= 11 is 11.8. The van der Waals surface area contributed by atoms with Gasteiger partial charge in [-0.1, -0.05) is 35.3 Å². The van der Waals surface area contributed by atoms with Crippen molar-refractivity contribution in [2.75, 3.05) is 14.2 Å². The number of methoxy groups -OCH3 is 2. The topological polar surface area (TPSA) is 44.8 Å². The summed E-state index contributed by atoms with van der Waals surface area (Å²) in [6.45, 7) is 0.117. The molecule has 2 aromatic carbocycles. The molecular weight excluding hydrogens is 351 g/mol. The number of halogens is 2. The molecule has 2 rings (SSSR count). The summed E-state index contributed by atoms with van der Waals surface area (Å²) in [7, 11) is 3.12. The molecule has 0 saturated heterocycles. The second-order valence-electron chi connectivity index (χ2n) is 4.80. The molecule has 0 unspecified atom stereocenters. The maximum Gasteiger partial charge on any atom is 0.331 e. The molecule has 0 heterocycles. The van der Waals surface area contributed by atoms with Crippen molar-refractivity contribution >= 4 is 35.2 Å². The van der Waals surface area contributed by atoms with Crippen LogP contribution in [0.25, 0.3) is 6.08 Å². The Kier molecular flexibility index (Phi) is 6.53. The zero-order chi connectivity index (χ0) is 17.5. The van der Waals surface area contributed by atoms with Crippen molar-refractivity contribution in [2.45, 2.75) is 6.61 Å². The normalized spacial score (nSPS) is 10.7. The first-order valence-electron chi connectivity index (χ1n) is 7.04. The van der Waals surface area contributed by atoms with Crippen LogP contribution in [-0.2, 0) is 16.1 Å². The predicted octanol–water partition coefficient (Wildman–Crippen LogP) is 4.77. The van der Waals surface area contributed by atoms with Crippen LogP contribution in [0.5, 0.6) is 11.5 Å². The predicted molar refractivity (Wildman–Crippen MR) is 94.8 cm³/mol. The number of carbonyl (C=O) groups is 1. The van der Waals surface area contributed by atoms with Crippen molar-refractivity contribution in [3.63, 3.8) is 0 Å². The molecule has 0 aliphatic carbocycles. The lowest BCUT2D eigenvalue weighted by Crippen LogP contribution is -2.00. The van der Waals surface area contributed by atoms with Crippen LogP contribution in [0.15, 0.2) is 42.5 Å². The number of rotatable bonds is 6. The van der Waals surface area contributed by atoms with Crippen molar-refractivity contribution < 1.29 is 19.0 Å². The second kappa shape index (κ2) is 8.62. The summed E-state index contributed by atoms with van der Waals surface area (Å²) in [5.41, 5.74) is 1.55. The maximum absolute atomic E-state index is 11.8. The lowest BCUT2D eigenvalue weighted by Gasteiger charge is -2.07. The van der Waals surface area contributed by atoms with Gasteiger partial charge in [-0.2, -0.15) is 0 Å². The number of esters is 1. The van der Waals surface area contributed by atoms with Gasteiger partial charge in [-0.05, 0) is 41.5 Å². The Labute approximate surface area is 150 Å². The number of benzene rings is 2. The van der Waals surface area contributed by atoms with Crippen LogP contribution in [0.2, 0.25) is 10.0 Å². The third-order valence-electron chi connectivity index (χ3n) is 3.18. The molecule has 6 heteroatoms. The Hall–Kier alpha value is -2.17. The SMILES string of the molecule is COc1ccc(/C=C/C(=O)OCc2ccc(Cl)c(Cl)c2)cc1OC. The van der Waals surface area contributed by atoms with E-state index in [9.17, 15) is 4.79 Å². The molecule has 0 bridgehead atoms. The van der Waals surface area contributed by atoms with Gasteiger partial charge >= 0.3 is 5.97 Å². The van der Waals surface area contributed by atoms with E-state index in [2.05, 4.69) is 0 Å². The molecule has 0 atom stereocenters. The largest absolute Gasteiger partial charge is 0.493 e. The number of hydrogen-bond donors (Lipinski definition) is 0. The Balaban J connectivity index is 1.96. The number of hydrogen-bond acceptors (Lipinski definition) is 4. The number of ether oxygens (including phenoxy) is 3. The van der Waals surface area contributed by atoms with E-state index >= 15 is 0 Å². The molecule has 0 N–H and O–H groups in total. The van der Waals surface area contributed by atoms with Crippen molar-refractivity contribution in [1.82, 2.24) is 0 Å². The van der Waals surface area contributed by atoms with Gasteiger partial charge in [0.25, 0.3) is 0 Å². The fraction of sp³-hybridized carbons (Fsp3) is 0.167. The summed E-state index contributed by atoms with van der Waals surface area (Å²) < 4.78 is 15.5. The van der Waals surface area contributed by atoms with E-state index in [4.69, 9.17) is 37.4 Å². The minimum absolute atomic E-state index is 0.117. The zero-order valence-corrected chi connectivity index (χ0v) is 14.7. The van der Waals surface area contributed by atoms with Gasteiger partial charge in [0, 0.05) is 6.08 Å². The van der Waals surface area contributed by atoms with Gasteiger partial charge in [-0.25, -0.2) is 4.79 Å². The van der Waals surface area contributed by atoms with Gasteiger partial charge < -0.3 is 14.2 Å². The molecule has 2 aromatic rings. The highest BCUT2D eigenvalue weighted by Crippen LogP contribution is 2.28. The first kappa shape index (κ1) is 18.2. The van der Waals surface area contributed by atoms with Gasteiger partial charge in [-0.15, -0.1) is 0 Å². The molecule has 0 aromatic heterocycles. The van der Waals surface area contributed by atoms with Crippen molar-refractivity contribution in [1.29, 1.82) is 0 Å². The molecule has 0 saturated carbocycles. The van der Waals surface area contributed by atoms with Crippen LogP contribution >= 0.6 is 23.2 Å². The average Bonchev–Trinajstić information content (AvgIpc) is 2.60. The highest BCUT2D eigenvalue weighted by atomic mass is 35.5. The Bertz CT molecular complexity index is 757. The third-order valence-corrected chi connectivity index (χ3v) is 3.92. The Morgan fingerprint density at radius 1 is 1.00 bits per heavy atom. The molecule has 0 fully saturated rings. The van der Waals surface area contributed by atoms with Gasteiger partial charge in [0.2, 0.25) is 0 Å². The third kappa shape index (κ3) is 4.91. The van der Waals surface area contributed by atoms with Crippen LogP contribution < -0.4 is 9.47 Å². The summed E-state index contributed by atoms with van der Waals surface area (Å²) in [6, 6.07) is 10.4. The summed E-state index contributed by atoms with van der Waals surface area (Å²) in [4.78, 5) is 11.8. The van der Waals surface area contributed by atoms with Crippen molar-refractivity contribution in [2.24, 2.45) is 0 Å². The van der Waals surface area contributed by atoms with E-state index in [1.165, 1.54) is 6.08 Å². The minimum atomic E-state index is -0.462. The lowest BCUT2D eigenvalue weighted by molar-refractivity contribution is -0.138. The van der Waals surface area contributed by atoms with Gasteiger partial charge in [0.1, 0.15) is 6.61 Å². The summed E-state index contributed by atoms with van der Waals surface area (Å²) in [5, 5.41) is 0.881. The van der Waals surface area contributed by atoms with E-state index in [1.807, 2.05) is 6.07 Å². The van der Waals surface area contributed by atoms with Crippen LogP contribution in [0.4, 0.5) is 0 Å². The van der Waals surface area contributed by atoms with E-state index in [1.54, 1.807) is 50.6 Å². The first-order valence-corrected chi connectivity index (χ1v) is 7.80. The molecule has 24 heavy (non-hydrogen) atoms. The van der Waals surface area contributed by atoms with Crippen molar-refractivity contribution in [3.05, 3.63) is 63.6 Å². The molecule has 126 valence electrons. The average molecular weight is 367 g/mol.